The zero-order chi connectivity index (χ0) is 23.5. The van der Waals surface area contributed by atoms with Gasteiger partial charge in [0.05, 0.1) is 40.6 Å². The molecule has 1 aromatic carbocycles. The van der Waals surface area contributed by atoms with Crippen LogP contribution >= 0.6 is 11.3 Å². The summed E-state index contributed by atoms with van der Waals surface area (Å²) < 4.78 is 0.865. The minimum absolute atomic E-state index is 0.0282. The van der Waals surface area contributed by atoms with E-state index in [1.54, 1.807) is 11.7 Å². The van der Waals surface area contributed by atoms with Crippen molar-refractivity contribution in [3.05, 3.63) is 53.3 Å². The van der Waals surface area contributed by atoms with Crippen molar-refractivity contribution in [3.8, 4) is 11.4 Å². The number of aromatic nitrogens is 6. The van der Waals surface area contributed by atoms with Crippen LogP contribution in [0.4, 0.5) is 11.8 Å². The normalized spacial score (nSPS) is 11.1. The molecule has 12 nitrogen and oxygen atoms in total. The predicted octanol–water partition coefficient (Wildman–Crippen LogP) is 2.16. The smallest absolute Gasteiger partial charge is 0.277 e. The van der Waals surface area contributed by atoms with Crippen LogP contribution in [-0.2, 0) is 6.54 Å². The van der Waals surface area contributed by atoms with Gasteiger partial charge in [-0.3, -0.25) is 15.1 Å². The molecule has 0 spiro atoms. The molecular weight excluding hydrogens is 458 g/mol. The van der Waals surface area contributed by atoms with Gasteiger partial charge < -0.3 is 15.7 Å². The number of carbonyl (C=O) groups is 1. The number of aromatic amines is 1. The summed E-state index contributed by atoms with van der Waals surface area (Å²) in [6.07, 6.45) is 4.38. The molecule has 34 heavy (non-hydrogen) atoms. The van der Waals surface area contributed by atoms with Crippen LogP contribution in [0.1, 0.15) is 15.2 Å². The molecule has 0 saturated heterocycles. The van der Waals surface area contributed by atoms with Gasteiger partial charge in [-0.15, -0.1) is 11.3 Å². The summed E-state index contributed by atoms with van der Waals surface area (Å²) in [6.45, 7) is 0.757. The fourth-order valence-corrected chi connectivity index (χ4v) is 4.41. The van der Waals surface area contributed by atoms with Gasteiger partial charge in [0.2, 0.25) is 5.95 Å². The second kappa shape index (κ2) is 9.35. The molecular formula is C21H19N9O3S. The monoisotopic (exact) mass is 477 g/mol. The Hall–Kier alpha value is -4.20. The van der Waals surface area contributed by atoms with E-state index in [0.29, 0.717) is 30.7 Å². The van der Waals surface area contributed by atoms with Crippen LogP contribution in [0, 0.1) is 0 Å². The summed E-state index contributed by atoms with van der Waals surface area (Å²) in [5.41, 5.74) is 4.20. The molecule has 0 fully saturated rings. The van der Waals surface area contributed by atoms with E-state index in [9.17, 15) is 9.90 Å². The molecule has 1 amide bonds. The third kappa shape index (κ3) is 4.22. The first-order chi connectivity index (χ1) is 16.7. The van der Waals surface area contributed by atoms with E-state index < -0.39 is 5.91 Å². The van der Waals surface area contributed by atoms with Crippen molar-refractivity contribution in [1.82, 2.24) is 35.6 Å². The number of benzene rings is 1. The average Bonchev–Trinajstić information content (AvgIpc) is 3.52. The Bertz CT molecular complexity index is 1470. The van der Waals surface area contributed by atoms with Gasteiger partial charge in [-0.05, 0) is 12.1 Å². The van der Waals surface area contributed by atoms with E-state index in [1.165, 1.54) is 23.7 Å². The van der Waals surface area contributed by atoms with Gasteiger partial charge in [0.1, 0.15) is 5.82 Å². The van der Waals surface area contributed by atoms with Gasteiger partial charge in [-0.2, -0.15) is 5.10 Å². The van der Waals surface area contributed by atoms with Crippen molar-refractivity contribution >= 4 is 50.1 Å². The van der Waals surface area contributed by atoms with Crippen LogP contribution in [-0.4, -0.2) is 59.5 Å². The van der Waals surface area contributed by atoms with Crippen LogP contribution in [0.25, 0.3) is 32.5 Å². The van der Waals surface area contributed by atoms with Gasteiger partial charge in [0.15, 0.2) is 5.82 Å². The highest BCUT2D eigenvalue weighted by atomic mass is 32.1. The lowest BCUT2D eigenvalue weighted by atomic mass is 10.1. The topological polar surface area (TPSA) is 174 Å². The lowest BCUT2D eigenvalue weighted by molar-refractivity contribution is 0.0705. The summed E-state index contributed by atoms with van der Waals surface area (Å²) >= 11 is 1.51. The van der Waals surface area contributed by atoms with Crippen LogP contribution in [0.5, 0.6) is 0 Å². The SMILES string of the molecule is O=C(NO)c1cnc(NCc2cc3nc(-c4cccc5[nH]ncc45)nc(NCCO)c3s2)nc1. The van der Waals surface area contributed by atoms with Gasteiger partial charge in [-0.1, -0.05) is 12.1 Å². The largest absolute Gasteiger partial charge is 0.395 e. The van der Waals surface area contributed by atoms with E-state index in [0.717, 1.165) is 31.6 Å². The number of nitrogens with one attached hydrogen (secondary N) is 4. The number of amides is 1. The Morgan fingerprint density at radius 2 is 1.97 bits per heavy atom. The molecule has 0 unspecified atom stereocenters. The first kappa shape index (κ1) is 21.6. The number of thiophene rings is 1. The first-order valence-corrected chi connectivity index (χ1v) is 11.1. The lowest BCUT2D eigenvalue weighted by Crippen LogP contribution is -2.19. The number of aliphatic hydroxyl groups excluding tert-OH is 1. The molecule has 172 valence electrons. The number of hydroxylamine groups is 1. The molecule has 0 bridgehead atoms. The summed E-state index contributed by atoms with van der Waals surface area (Å²) in [7, 11) is 0. The molecule has 4 aromatic heterocycles. The molecule has 5 aromatic rings. The molecule has 0 saturated carbocycles. The molecule has 6 N–H and O–H groups in total. The van der Waals surface area contributed by atoms with Crippen LogP contribution in [0.3, 0.4) is 0 Å². The van der Waals surface area contributed by atoms with Crippen molar-refractivity contribution in [2.24, 2.45) is 0 Å². The minimum atomic E-state index is -0.681. The Labute approximate surface area is 196 Å². The van der Waals surface area contributed by atoms with E-state index >= 15 is 0 Å². The maximum Gasteiger partial charge on any atom is 0.277 e. The van der Waals surface area contributed by atoms with Crippen LogP contribution in [0.15, 0.2) is 42.9 Å². The Balaban J connectivity index is 1.45. The predicted molar refractivity (Wildman–Crippen MR) is 127 cm³/mol. The van der Waals surface area contributed by atoms with Crippen molar-refractivity contribution in [1.29, 1.82) is 0 Å². The highest BCUT2D eigenvalue weighted by Crippen LogP contribution is 2.34. The van der Waals surface area contributed by atoms with Crippen LogP contribution < -0.4 is 16.1 Å². The summed E-state index contributed by atoms with van der Waals surface area (Å²) in [5.74, 6) is 0.850. The molecule has 0 atom stereocenters. The molecule has 4 heterocycles. The zero-order valence-corrected chi connectivity index (χ0v) is 18.4. The van der Waals surface area contributed by atoms with Crippen LogP contribution in [0.2, 0.25) is 0 Å². The molecule has 0 aliphatic rings. The number of rotatable bonds is 8. The lowest BCUT2D eigenvalue weighted by Gasteiger charge is -2.08. The molecule has 13 heteroatoms. The van der Waals surface area contributed by atoms with E-state index in [4.69, 9.17) is 15.2 Å². The third-order valence-electron chi connectivity index (χ3n) is 4.99. The van der Waals surface area contributed by atoms with E-state index in [-0.39, 0.29) is 12.2 Å². The van der Waals surface area contributed by atoms with Gasteiger partial charge in [-0.25, -0.2) is 25.4 Å². The van der Waals surface area contributed by atoms with Crippen molar-refractivity contribution in [3.63, 3.8) is 0 Å². The summed E-state index contributed by atoms with van der Waals surface area (Å²) in [5, 5.41) is 32.3. The molecule has 0 aliphatic carbocycles. The summed E-state index contributed by atoms with van der Waals surface area (Å²) in [6, 6.07) is 7.77. The second-order valence-electron chi connectivity index (χ2n) is 7.20. The average molecular weight is 478 g/mol. The number of aliphatic hydroxyl groups is 1. The maximum atomic E-state index is 11.4. The quantitative estimate of drug-likeness (QED) is 0.143. The van der Waals surface area contributed by atoms with Gasteiger partial charge in [0.25, 0.3) is 5.91 Å². The standard InChI is InChI=1S/C21H19N9O3S/c31-5-4-22-19-17-16(27-18(28-19)13-2-1-3-15-14(13)10-26-29-15)6-12(34-17)9-25-21-23-7-11(8-24-21)20(32)30-33/h1-3,6-8,10,31,33H,4-5,9H2,(H,26,29)(H,30,32)(H,22,27,28)(H,23,24,25). The molecule has 0 radical (unpaired) electrons. The number of carbonyl (C=O) groups excluding carboxylic acids is 1. The fourth-order valence-electron chi connectivity index (χ4n) is 3.41. The first-order valence-electron chi connectivity index (χ1n) is 10.2. The maximum absolute atomic E-state index is 11.4. The molecule has 5 rings (SSSR count). The number of hydrogen-bond donors (Lipinski definition) is 6. The van der Waals surface area contributed by atoms with E-state index in [2.05, 4.69) is 30.8 Å². The summed E-state index contributed by atoms with van der Waals surface area (Å²) in [4.78, 5) is 30.1. The van der Waals surface area contributed by atoms with Crippen molar-refractivity contribution in [2.75, 3.05) is 23.8 Å². The van der Waals surface area contributed by atoms with Crippen molar-refractivity contribution < 1.29 is 15.1 Å². The van der Waals surface area contributed by atoms with Crippen molar-refractivity contribution in [2.45, 2.75) is 6.54 Å². The minimum Gasteiger partial charge on any atom is -0.395 e. The number of fused-ring (bicyclic) bond motifs is 2. The zero-order valence-electron chi connectivity index (χ0n) is 17.6. The molecule has 0 aliphatic heterocycles. The Morgan fingerprint density at radius 1 is 1.12 bits per heavy atom. The number of nitrogens with zero attached hydrogens (tertiary/aromatic N) is 5. The highest BCUT2D eigenvalue weighted by molar-refractivity contribution is 7.19. The Kier molecular flexibility index (Phi) is 5.95. The van der Waals surface area contributed by atoms with E-state index in [1.807, 2.05) is 24.3 Å². The number of hydrogen-bond acceptors (Lipinski definition) is 11. The third-order valence-corrected chi connectivity index (χ3v) is 6.12. The van der Waals surface area contributed by atoms with Gasteiger partial charge >= 0.3 is 0 Å². The Morgan fingerprint density at radius 3 is 2.76 bits per heavy atom. The second-order valence-corrected chi connectivity index (χ2v) is 8.34. The number of anilines is 2. The number of H-pyrrole nitrogens is 1. The fraction of sp³-hybridized carbons (Fsp3) is 0.143. The van der Waals surface area contributed by atoms with Gasteiger partial charge in [0, 0.05) is 34.8 Å². The highest BCUT2D eigenvalue weighted by Gasteiger charge is 2.15.